The number of fused-ring (bicyclic) bond motifs is 1. The van der Waals surface area contributed by atoms with E-state index in [4.69, 9.17) is 4.74 Å². The zero-order valence-corrected chi connectivity index (χ0v) is 14.8. The summed E-state index contributed by atoms with van der Waals surface area (Å²) in [5.74, 6) is 0.959. The first-order valence-electron chi connectivity index (χ1n) is 8.12. The van der Waals surface area contributed by atoms with Crippen LogP contribution < -0.4 is 4.74 Å². The summed E-state index contributed by atoms with van der Waals surface area (Å²) in [5, 5.41) is 2.20. The Morgan fingerprint density at radius 1 is 1.39 bits per heavy atom. The van der Waals surface area contributed by atoms with Gasteiger partial charge in [0, 0.05) is 35.1 Å². The minimum Gasteiger partial charge on any atom is -0.496 e. The molecule has 4 heteroatoms. The highest BCUT2D eigenvalue weighted by Gasteiger charge is 2.27. The van der Waals surface area contributed by atoms with Gasteiger partial charge in [0.2, 0.25) is 0 Å². The fraction of sp³-hybridized carbons (Fsp3) is 0.421. The lowest BCUT2D eigenvalue weighted by Crippen LogP contribution is -2.34. The molecule has 23 heavy (non-hydrogen) atoms. The van der Waals surface area contributed by atoms with Crippen LogP contribution in [0.25, 0.3) is 0 Å². The summed E-state index contributed by atoms with van der Waals surface area (Å²) in [7, 11) is 1.69. The first-order valence-corrected chi connectivity index (χ1v) is 9.00. The average Bonchev–Trinajstić information content (AvgIpc) is 3.03. The number of benzene rings is 1. The van der Waals surface area contributed by atoms with E-state index >= 15 is 0 Å². The third kappa shape index (κ3) is 3.19. The molecule has 0 saturated heterocycles. The summed E-state index contributed by atoms with van der Waals surface area (Å²) < 4.78 is 5.51. The van der Waals surface area contributed by atoms with Crippen molar-refractivity contribution in [3.05, 3.63) is 51.2 Å². The van der Waals surface area contributed by atoms with Crippen LogP contribution in [0.15, 0.2) is 29.6 Å². The number of ether oxygens (including phenoxy) is 1. The third-order valence-electron chi connectivity index (χ3n) is 4.65. The van der Waals surface area contributed by atoms with Crippen LogP contribution in [0.3, 0.4) is 0 Å². The third-order valence-corrected chi connectivity index (χ3v) is 5.65. The molecule has 122 valence electrons. The molecule has 0 amide bonds. The molecule has 0 spiro atoms. The number of hydrogen-bond acceptors (Lipinski definition) is 4. The number of nitrogens with zero attached hydrogens (tertiary/aromatic N) is 1. The Bertz CT molecular complexity index is 707. The van der Waals surface area contributed by atoms with E-state index in [0.29, 0.717) is 6.04 Å². The molecule has 0 bridgehead atoms. The van der Waals surface area contributed by atoms with Gasteiger partial charge in [-0.1, -0.05) is 6.92 Å². The molecular formula is C19H23NO2S. The molecule has 0 radical (unpaired) electrons. The maximum Gasteiger partial charge on any atom is 0.159 e. The first kappa shape index (κ1) is 16.2. The SMILES string of the molecule is CC[C@@H]1c2ccsc2CCN1Cc1cc(C(C)=O)ccc1OC. The van der Waals surface area contributed by atoms with Gasteiger partial charge in [-0.2, -0.15) is 0 Å². The summed E-state index contributed by atoms with van der Waals surface area (Å²) >= 11 is 1.87. The van der Waals surface area contributed by atoms with E-state index in [1.807, 2.05) is 29.5 Å². The molecule has 0 N–H and O–H groups in total. The fourth-order valence-corrected chi connectivity index (χ4v) is 4.38. The molecule has 1 aliphatic rings. The van der Waals surface area contributed by atoms with Gasteiger partial charge in [-0.15, -0.1) is 11.3 Å². The molecule has 0 fully saturated rings. The van der Waals surface area contributed by atoms with E-state index in [1.54, 1.807) is 14.0 Å². The molecule has 2 heterocycles. The number of methoxy groups -OCH3 is 1. The molecule has 1 aromatic carbocycles. The summed E-state index contributed by atoms with van der Waals surface area (Å²) in [6.45, 7) is 5.73. The number of thiophene rings is 1. The Balaban J connectivity index is 1.89. The highest BCUT2D eigenvalue weighted by Crippen LogP contribution is 2.37. The van der Waals surface area contributed by atoms with Gasteiger partial charge in [0.05, 0.1) is 7.11 Å². The highest BCUT2D eigenvalue weighted by molar-refractivity contribution is 7.10. The zero-order valence-electron chi connectivity index (χ0n) is 14.0. The minimum atomic E-state index is 0.0970. The van der Waals surface area contributed by atoms with Gasteiger partial charge in [-0.05, 0) is 55.0 Å². The number of hydrogen-bond donors (Lipinski definition) is 0. The van der Waals surface area contributed by atoms with Crippen molar-refractivity contribution < 1.29 is 9.53 Å². The van der Waals surface area contributed by atoms with Crippen LogP contribution in [0.5, 0.6) is 5.75 Å². The summed E-state index contributed by atoms with van der Waals surface area (Å²) in [6, 6.07) is 8.46. The largest absolute Gasteiger partial charge is 0.496 e. The predicted molar refractivity (Wildman–Crippen MR) is 94.5 cm³/mol. The number of carbonyl (C=O) groups is 1. The second-order valence-corrected chi connectivity index (χ2v) is 7.03. The molecule has 3 rings (SSSR count). The molecule has 2 aromatic rings. The fourth-order valence-electron chi connectivity index (χ4n) is 3.46. The smallest absolute Gasteiger partial charge is 0.159 e. The molecule has 0 aliphatic carbocycles. The molecule has 0 saturated carbocycles. The first-order chi connectivity index (χ1) is 11.1. The van der Waals surface area contributed by atoms with Crippen molar-refractivity contribution in [1.82, 2.24) is 4.90 Å². The van der Waals surface area contributed by atoms with Crippen LogP contribution in [0, 0.1) is 0 Å². The number of ketones is 1. The second-order valence-electron chi connectivity index (χ2n) is 6.03. The maximum atomic E-state index is 11.7. The van der Waals surface area contributed by atoms with Crippen LogP contribution in [0.1, 0.15) is 52.7 Å². The van der Waals surface area contributed by atoms with Crippen molar-refractivity contribution in [3.8, 4) is 5.75 Å². The van der Waals surface area contributed by atoms with Crippen LogP contribution >= 0.6 is 11.3 Å². The number of Topliss-reactive ketones (excluding diaryl/α,β-unsaturated/α-hetero) is 1. The molecule has 3 nitrogen and oxygen atoms in total. The predicted octanol–water partition coefficient (Wildman–Crippen LogP) is 4.47. The van der Waals surface area contributed by atoms with Gasteiger partial charge in [0.1, 0.15) is 5.75 Å². The van der Waals surface area contributed by atoms with Crippen molar-refractivity contribution >= 4 is 17.1 Å². The Morgan fingerprint density at radius 2 is 2.22 bits per heavy atom. The summed E-state index contributed by atoms with van der Waals surface area (Å²) in [5.41, 5.74) is 3.32. The van der Waals surface area contributed by atoms with Gasteiger partial charge in [-0.25, -0.2) is 0 Å². The zero-order chi connectivity index (χ0) is 16.4. The van der Waals surface area contributed by atoms with Gasteiger partial charge < -0.3 is 4.74 Å². The molecule has 1 atom stereocenters. The van der Waals surface area contributed by atoms with Gasteiger partial charge >= 0.3 is 0 Å². The van der Waals surface area contributed by atoms with Crippen molar-refractivity contribution in [2.24, 2.45) is 0 Å². The van der Waals surface area contributed by atoms with E-state index in [-0.39, 0.29) is 5.78 Å². The Kier molecular flexibility index (Phi) is 4.83. The van der Waals surface area contributed by atoms with Gasteiger partial charge in [0.15, 0.2) is 5.78 Å². The van der Waals surface area contributed by atoms with Gasteiger partial charge in [0.25, 0.3) is 0 Å². The summed E-state index contributed by atoms with van der Waals surface area (Å²) in [4.78, 5) is 15.7. The average molecular weight is 329 g/mol. The number of carbonyl (C=O) groups excluding carboxylic acids is 1. The Labute approximate surface area is 141 Å². The maximum absolute atomic E-state index is 11.7. The van der Waals surface area contributed by atoms with Crippen molar-refractivity contribution in [3.63, 3.8) is 0 Å². The standard InChI is InChI=1S/C19H23NO2S/c1-4-17-16-8-10-23-19(16)7-9-20(17)12-15-11-14(13(2)21)5-6-18(15)22-3/h5-6,8,10-11,17H,4,7,9,12H2,1-3H3/t17-/m1/s1. The molecule has 0 unspecified atom stereocenters. The van der Waals surface area contributed by atoms with Crippen molar-refractivity contribution in [2.45, 2.75) is 39.3 Å². The van der Waals surface area contributed by atoms with E-state index in [1.165, 1.54) is 10.4 Å². The van der Waals surface area contributed by atoms with Crippen LogP contribution in [-0.4, -0.2) is 24.3 Å². The molecular weight excluding hydrogens is 306 g/mol. The van der Waals surface area contributed by atoms with Crippen LogP contribution in [0.2, 0.25) is 0 Å². The monoisotopic (exact) mass is 329 g/mol. The Morgan fingerprint density at radius 3 is 2.91 bits per heavy atom. The van der Waals surface area contributed by atoms with Gasteiger partial charge in [-0.3, -0.25) is 9.69 Å². The lowest BCUT2D eigenvalue weighted by Gasteiger charge is -2.35. The van der Waals surface area contributed by atoms with Crippen molar-refractivity contribution in [1.29, 1.82) is 0 Å². The van der Waals surface area contributed by atoms with E-state index < -0.39 is 0 Å². The molecule has 1 aromatic heterocycles. The van der Waals surface area contributed by atoms with Crippen molar-refractivity contribution in [2.75, 3.05) is 13.7 Å². The summed E-state index contributed by atoms with van der Waals surface area (Å²) in [6.07, 6.45) is 2.21. The van der Waals surface area contributed by atoms with Crippen LogP contribution in [-0.2, 0) is 13.0 Å². The topological polar surface area (TPSA) is 29.5 Å². The Hall–Kier alpha value is -1.65. The lowest BCUT2D eigenvalue weighted by atomic mass is 9.96. The van der Waals surface area contributed by atoms with E-state index in [0.717, 1.165) is 42.8 Å². The lowest BCUT2D eigenvalue weighted by molar-refractivity contribution is 0.101. The quantitative estimate of drug-likeness (QED) is 0.758. The minimum absolute atomic E-state index is 0.0970. The van der Waals surface area contributed by atoms with Crippen LogP contribution in [0.4, 0.5) is 0 Å². The van der Waals surface area contributed by atoms with E-state index in [9.17, 15) is 4.79 Å². The highest BCUT2D eigenvalue weighted by atomic mass is 32.1. The number of rotatable bonds is 5. The van der Waals surface area contributed by atoms with E-state index in [2.05, 4.69) is 23.3 Å². The second kappa shape index (κ2) is 6.85. The normalized spacial score (nSPS) is 17.8. The molecule has 1 aliphatic heterocycles.